The molecule has 0 saturated heterocycles. The summed E-state index contributed by atoms with van der Waals surface area (Å²) < 4.78 is 11.3. The van der Waals surface area contributed by atoms with E-state index in [2.05, 4.69) is 43.4 Å². The Hall–Kier alpha value is -1.58. The van der Waals surface area contributed by atoms with Gasteiger partial charge in [-0.3, -0.25) is 0 Å². The van der Waals surface area contributed by atoms with Gasteiger partial charge in [0.15, 0.2) is 0 Å². The van der Waals surface area contributed by atoms with Crippen LogP contribution in [0.3, 0.4) is 0 Å². The molecule has 0 heterocycles. The standard InChI is InChI=1S/C18H25NO2/c1-14(2)11-19-12-18(13-20-3)21-17-9-8-15-6-4-5-7-16(15)10-17/h4-10,14,18-19H,11-13H2,1-3H3. The number of benzene rings is 2. The molecule has 0 amide bonds. The Labute approximate surface area is 127 Å². The van der Waals surface area contributed by atoms with Crippen molar-refractivity contribution in [1.82, 2.24) is 5.32 Å². The van der Waals surface area contributed by atoms with Crippen molar-refractivity contribution >= 4 is 10.8 Å². The van der Waals surface area contributed by atoms with Crippen LogP contribution < -0.4 is 10.1 Å². The summed E-state index contributed by atoms with van der Waals surface area (Å²) in [7, 11) is 1.71. The Morgan fingerprint density at radius 1 is 1.00 bits per heavy atom. The molecule has 2 aromatic carbocycles. The van der Waals surface area contributed by atoms with Crippen LogP contribution in [0, 0.1) is 5.92 Å². The molecule has 0 fully saturated rings. The summed E-state index contributed by atoms with van der Waals surface area (Å²) in [5.41, 5.74) is 0. The second-order valence-electron chi connectivity index (χ2n) is 5.76. The lowest BCUT2D eigenvalue weighted by atomic mass is 10.1. The predicted octanol–water partition coefficient (Wildman–Crippen LogP) is 3.48. The summed E-state index contributed by atoms with van der Waals surface area (Å²) in [5.74, 6) is 1.52. The number of nitrogens with one attached hydrogen (secondary N) is 1. The first-order valence-corrected chi connectivity index (χ1v) is 7.54. The topological polar surface area (TPSA) is 30.5 Å². The van der Waals surface area contributed by atoms with Crippen molar-refractivity contribution in [1.29, 1.82) is 0 Å². The van der Waals surface area contributed by atoms with Crippen molar-refractivity contribution in [2.24, 2.45) is 5.92 Å². The van der Waals surface area contributed by atoms with E-state index in [9.17, 15) is 0 Å². The van der Waals surface area contributed by atoms with E-state index in [4.69, 9.17) is 9.47 Å². The molecular weight excluding hydrogens is 262 g/mol. The number of hydrogen-bond acceptors (Lipinski definition) is 3. The Morgan fingerprint density at radius 3 is 2.48 bits per heavy atom. The zero-order chi connectivity index (χ0) is 15.1. The van der Waals surface area contributed by atoms with Crippen molar-refractivity contribution in [3.8, 4) is 5.75 Å². The van der Waals surface area contributed by atoms with E-state index in [-0.39, 0.29) is 6.10 Å². The minimum atomic E-state index is 0.0231. The maximum Gasteiger partial charge on any atom is 0.134 e. The first kappa shape index (κ1) is 15.8. The minimum Gasteiger partial charge on any atom is -0.487 e. The fraction of sp³-hybridized carbons (Fsp3) is 0.444. The van der Waals surface area contributed by atoms with E-state index in [0.717, 1.165) is 18.8 Å². The smallest absolute Gasteiger partial charge is 0.134 e. The van der Waals surface area contributed by atoms with Crippen LogP contribution in [-0.4, -0.2) is 32.9 Å². The first-order chi connectivity index (χ1) is 10.2. The molecule has 2 aromatic rings. The highest BCUT2D eigenvalue weighted by Crippen LogP contribution is 2.21. The first-order valence-electron chi connectivity index (χ1n) is 7.54. The van der Waals surface area contributed by atoms with Gasteiger partial charge in [0.25, 0.3) is 0 Å². The van der Waals surface area contributed by atoms with Gasteiger partial charge in [0.1, 0.15) is 11.9 Å². The van der Waals surface area contributed by atoms with E-state index in [1.54, 1.807) is 7.11 Å². The van der Waals surface area contributed by atoms with Gasteiger partial charge in [-0.05, 0) is 35.4 Å². The number of fused-ring (bicyclic) bond motifs is 1. The molecule has 0 aromatic heterocycles. The molecule has 3 nitrogen and oxygen atoms in total. The van der Waals surface area contributed by atoms with Crippen molar-refractivity contribution in [2.75, 3.05) is 26.8 Å². The minimum absolute atomic E-state index is 0.0231. The largest absolute Gasteiger partial charge is 0.487 e. The van der Waals surface area contributed by atoms with Gasteiger partial charge >= 0.3 is 0 Å². The molecule has 1 atom stereocenters. The van der Waals surface area contributed by atoms with Gasteiger partial charge in [-0.15, -0.1) is 0 Å². The molecule has 3 heteroatoms. The average molecular weight is 287 g/mol. The van der Waals surface area contributed by atoms with Crippen LogP contribution in [0.25, 0.3) is 10.8 Å². The molecule has 0 spiro atoms. The number of hydrogen-bond donors (Lipinski definition) is 1. The highest BCUT2D eigenvalue weighted by atomic mass is 16.5. The fourth-order valence-electron chi connectivity index (χ4n) is 2.29. The molecular formula is C18H25NO2. The van der Waals surface area contributed by atoms with Gasteiger partial charge in [0, 0.05) is 13.7 Å². The maximum absolute atomic E-state index is 6.06. The second kappa shape index (κ2) is 8.01. The second-order valence-corrected chi connectivity index (χ2v) is 5.76. The molecule has 1 N–H and O–H groups in total. The Kier molecular flexibility index (Phi) is 6.03. The third kappa shape index (κ3) is 5.03. The summed E-state index contributed by atoms with van der Waals surface area (Å²) >= 11 is 0. The van der Waals surface area contributed by atoms with Gasteiger partial charge in [-0.25, -0.2) is 0 Å². The van der Waals surface area contributed by atoms with E-state index < -0.39 is 0 Å². The van der Waals surface area contributed by atoms with E-state index in [0.29, 0.717) is 12.5 Å². The van der Waals surface area contributed by atoms with E-state index in [1.165, 1.54) is 10.8 Å². The summed E-state index contributed by atoms with van der Waals surface area (Å²) in [5, 5.41) is 5.85. The summed E-state index contributed by atoms with van der Waals surface area (Å²) in [6, 6.07) is 14.5. The van der Waals surface area contributed by atoms with Crippen molar-refractivity contribution < 1.29 is 9.47 Å². The SMILES string of the molecule is COCC(CNCC(C)C)Oc1ccc2ccccc2c1. The van der Waals surface area contributed by atoms with Crippen LogP contribution in [0.4, 0.5) is 0 Å². The quantitative estimate of drug-likeness (QED) is 0.806. The molecule has 21 heavy (non-hydrogen) atoms. The summed E-state index contributed by atoms with van der Waals surface area (Å²) in [6.45, 7) is 6.75. The zero-order valence-electron chi connectivity index (χ0n) is 13.1. The van der Waals surface area contributed by atoms with Crippen LogP contribution in [-0.2, 0) is 4.74 Å². The van der Waals surface area contributed by atoms with Crippen LogP contribution in [0.5, 0.6) is 5.75 Å². The van der Waals surface area contributed by atoms with Crippen molar-refractivity contribution in [2.45, 2.75) is 20.0 Å². The van der Waals surface area contributed by atoms with Gasteiger partial charge in [0.05, 0.1) is 6.61 Å². The van der Waals surface area contributed by atoms with Gasteiger partial charge < -0.3 is 14.8 Å². The molecule has 0 saturated carbocycles. The van der Waals surface area contributed by atoms with Crippen LogP contribution in [0.15, 0.2) is 42.5 Å². The van der Waals surface area contributed by atoms with Crippen LogP contribution in [0.1, 0.15) is 13.8 Å². The summed E-state index contributed by atoms with van der Waals surface area (Å²) in [6.07, 6.45) is 0.0231. The molecule has 0 aliphatic carbocycles. The lowest BCUT2D eigenvalue weighted by molar-refractivity contribution is 0.0803. The van der Waals surface area contributed by atoms with Gasteiger partial charge in [-0.2, -0.15) is 0 Å². The average Bonchev–Trinajstić information content (AvgIpc) is 2.47. The van der Waals surface area contributed by atoms with Gasteiger partial charge in [-0.1, -0.05) is 44.2 Å². The Morgan fingerprint density at radius 2 is 1.76 bits per heavy atom. The third-order valence-corrected chi connectivity index (χ3v) is 3.30. The lowest BCUT2D eigenvalue weighted by Gasteiger charge is -2.20. The van der Waals surface area contributed by atoms with Crippen LogP contribution >= 0.6 is 0 Å². The third-order valence-electron chi connectivity index (χ3n) is 3.30. The monoisotopic (exact) mass is 287 g/mol. The van der Waals surface area contributed by atoms with Crippen LogP contribution in [0.2, 0.25) is 0 Å². The van der Waals surface area contributed by atoms with E-state index in [1.807, 2.05) is 18.2 Å². The lowest BCUT2D eigenvalue weighted by Crippen LogP contribution is -2.36. The molecule has 0 bridgehead atoms. The zero-order valence-corrected chi connectivity index (χ0v) is 13.1. The highest BCUT2D eigenvalue weighted by molar-refractivity contribution is 5.83. The van der Waals surface area contributed by atoms with Crippen molar-refractivity contribution in [3.63, 3.8) is 0 Å². The molecule has 0 radical (unpaired) electrons. The molecule has 2 rings (SSSR count). The normalized spacial score (nSPS) is 12.8. The van der Waals surface area contributed by atoms with Crippen molar-refractivity contribution in [3.05, 3.63) is 42.5 Å². The Bertz CT molecular complexity index is 554. The Balaban J connectivity index is 2.00. The molecule has 1 unspecified atom stereocenters. The number of ether oxygens (including phenoxy) is 2. The fourth-order valence-corrected chi connectivity index (χ4v) is 2.29. The molecule has 114 valence electrons. The van der Waals surface area contributed by atoms with E-state index >= 15 is 0 Å². The van der Waals surface area contributed by atoms with Gasteiger partial charge in [0.2, 0.25) is 0 Å². The summed E-state index contributed by atoms with van der Waals surface area (Å²) in [4.78, 5) is 0. The number of rotatable bonds is 8. The number of methoxy groups -OCH3 is 1. The highest BCUT2D eigenvalue weighted by Gasteiger charge is 2.10. The predicted molar refractivity (Wildman–Crippen MR) is 87.9 cm³/mol. The maximum atomic E-state index is 6.06. The molecule has 0 aliphatic heterocycles. The molecule has 0 aliphatic rings.